The molecule has 1 rings (SSSR count). The van der Waals surface area contributed by atoms with E-state index in [-0.39, 0.29) is 12.5 Å². The second-order valence-corrected chi connectivity index (χ2v) is 3.80. The predicted octanol–water partition coefficient (Wildman–Crippen LogP) is 1.87. The highest BCUT2D eigenvalue weighted by molar-refractivity contribution is 5.91. The Labute approximate surface area is 95.7 Å². The summed E-state index contributed by atoms with van der Waals surface area (Å²) in [6.07, 6.45) is 3.81. The van der Waals surface area contributed by atoms with Gasteiger partial charge in [-0.05, 0) is 31.9 Å². The first-order chi connectivity index (χ1) is 7.74. The maximum Gasteiger partial charge on any atom is 0.286 e. The molecule has 0 spiro atoms. The van der Waals surface area contributed by atoms with Crippen LogP contribution >= 0.6 is 0 Å². The SMILES string of the molecule is Cc1ccc(C(=O)NCCCCCCO)o1. The molecule has 4 heteroatoms. The van der Waals surface area contributed by atoms with Crippen LogP contribution < -0.4 is 5.32 Å². The Morgan fingerprint density at radius 1 is 1.31 bits per heavy atom. The van der Waals surface area contributed by atoms with Gasteiger partial charge in [0.15, 0.2) is 5.76 Å². The number of furan rings is 1. The minimum Gasteiger partial charge on any atom is -0.456 e. The van der Waals surface area contributed by atoms with E-state index >= 15 is 0 Å². The fraction of sp³-hybridized carbons (Fsp3) is 0.583. The molecule has 0 aliphatic rings. The first kappa shape index (κ1) is 12.8. The van der Waals surface area contributed by atoms with E-state index in [0.717, 1.165) is 31.4 Å². The Morgan fingerprint density at radius 3 is 2.69 bits per heavy atom. The van der Waals surface area contributed by atoms with Crippen molar-refractivity contribution in [3.8, 4) is 0 Å². The van der Waals surface area contributed by atoms with Crippen molar-refractivity contribution < 1.29 is 14.3 Å². The molecule has 16 heavy (non-hydrogen) atoms. The zero-order valence-corrected chi connectivity index (χ0v) is 9.66. The lowest BCUT2D eigenvalue weighted by molar-refractivity contribution is 0.0924. The van der Waals surface area contributed by atoms with E-state index < -0.39 is 0 Å². The minimum atomic E-state index is -0.157. The Balaban J connectivity index is 2.11. The molecule has 0 bridgehead atoms. The average molecular weight is 225 g/mol. The third-order valence-corrected chi connectivity index (χ3v) is 2.33. The summed E-state index contributed by atoms with van der Waals surface area (Å²) in [5.74, 6) is 0.955. The second kappa shape index (κ2) is 7.06. The van der Waals surface area contributed by atoms with E-state index in [1.807, 2.05) is 6.92 Å². The van der Waals surface area contributed by atoms with Crippen LogP contribution in [0, 0.1) is 6.92 Å². The Kier molecular flexibility index (Phi) is 5.64. The molecule has 90 valence electrons. The van der Waals surface area contributed by atoms with Crippen LogP contribution in [0.4, 0.5) is 0 Å². The average Bonchev–Trinajstić information content (AvgIpc) is 2.70. The molecule has 0 unspecified atom stereocenters. The van der Waals surface area contributed by atoms with Gasteiger partial charge in [-0.2, -0.15) is 0 Å². The first-order valence-electron chi connectivity index (χ1n) is 5.69. The van der Waals surface area contributed by atoms with Crippen LogP contribution in [0.2, 0.25) is 0 Å². The van der Waals surface area contributed by atoms with Gasteiger partial charge in [0, 0.05) is 13.2 Å². The van der Waals surface area contributed by atoms with Crippen LogP contribution in [0.25, 0.3) is 0 Å². The monoisotopic (exact) mass is 225 g/mol. The number of unbranched alkanes of at least 4 members (excludes halogenated alkanes) is 3. The van der Waals surface area contributed by atoms with E-state index in [4.69, 9.17) is 9.52 Å². The number of hydrogen-bond acceptors (Lipinski definition) is 3. The molecule has 2 N–H and O–H groups in total. The summed E-state index contributed by atoms with van der Waals surface area (Å²) < 4.78 is 5.20. The number of aliphatic hydroxyl groups is 1. The normalized spacial score (nSPS) is 10.4. The fourth-order valence-corrected chi connectivity index (χ4v) is 1.44. The topological polar surface area (TPSA) is 62.5 Å². The van der Waals surface area contributed by atoms with Crippen molar-refractivity contribution in [2.45, 2.75) is 32.6 Å². The van der Waals surface area contributed by atoms with Gasteiger partial charge in [-0.25, -0.2) is 0 Å². The maximum atomic E-state index is 11.5. The molecule has 0 aliphatic heterocycles. The molecule has 1 aromatic rings. The molecule has 0 aromatic carbocycles. The largest absolute Gasteiger partial charge is 0.456 e. The standard InChI is InChI=1S/C12H19NO3/c1-10-6-7-11(16-10)12(15)13-8-4-2-3-5-9-14/h6-7,14H,2-5,8-9H2,1H3,(H,13,15). The molecule has 0 fully saturated rings. The second-order valence-electron chi connectivity index (χ2n) is 3.80. The van der Waals surface area contributed by atoms with Crippen LogP contribution in [-0.2, 0) is 0 Å². The summed E-state index contributed by atoms with van der Waals surface area (Å²) in [7, 11) is 0. The number of aryl methyl sites for hydroxylation is 1. The van der Waals surface area contributed by atoms with Crippen LogP contribution in [0.5, 0.6) is 0 Å². The number of carbonyl (C=O) groups is 1. The summed E-state index contributed by atoms with van der Waals surface area (Å²) >= 11 is 0. The van der Waals surface area contributed by atoms with Crippen LogP contribution in [0.15, 0.2) is 16.5 Å². The third kappa shape index (κ3) is 4.49. The van der Waals surface area contributed by atoms with Crippen molar-refractivity contribution in [3.63, 3.8) is 0 Å². The van der Waals surface area contributed by atoms with Gasteiger partial charge in [0.25, 0.3) is 5.91 Å². The highest BCUT2D eigenvalue weighted by Crippen LogP contribution is 2.05. The number of carbonyl (C=O) groups excluding carboxylic acids is 1. The van der Waals surface area contributed by atoms with Gasteiger partial charge in [0.1, 0.15) is 5.76 Å². The number of hydrogen-bond donors (Lipinski definition) is 2. The lowest BCUT2D eigenvalue weighted by atomic mass is 10.2. The molecular formula is C12H19NO3. The van der Waals surface area contributed by atoms with Crippen LogP contribution in [0.3, 0.4) is 0 Å². The van der Waals surface area contributed by atoms with E-state index in [1.165, 1.54) is 0 Å². The lowest BCUT2D eigenvalue weighted by Crippen LogP contribution is -2.23. The molecule has 1 aromatic heterocycles. The summed E-state index contributed by atoms with van der Waals surface area (Å²) in [5.41, 5.74) is 0. The molecule has 0 saturated carbocycles. The smallest absolute Gasteiger partial charge is 0.286 e. The van der Waals surface area contributed by atoms with Gasteiger partial charge >= 0.3 is 0 Å². The molecule has 0 aliphatic carbocycles. The van der Waals surface area contributed by atoms with Gasteiger partial charge in [0.2, 0.25) is 0 Å². The van der Waals surface area contributed by atoms with E-state index in [1.54, 1.807) is 12.1 Å². The van der Waals surface area contributed by atoms with Gasteiger partial charge in [-0.3, -0.25) is 4.79 Å². The van der Waals surface area contributed by atoms with Gasteiger partial charge in [0.05, 0.1) is 0 Å². The molecule has 0 radical (unpaired) electrons. The Morgan fingerprint density at radius 2 is 2.06 bits per heavy atom. The van der Waals surface area contributed by atoms with E-state index in [9.17, 15) is 4.79 Å². The summed E-state index contributed by atoms with van der Waals surface area (Å²) in [4.78, 5) is 11.5. The molecule has 0 saturated heterocycles. The fourth-order valence-electron chi connectivity index (χ4n) is 1.44. The Bertz CT molecular complexity index is 320. The highest BCUT2D eigenvalue weighted by Gasteiger charge is 2.08. The van der Waals surface area contributed by atoms with Crippen LogP contribution in [0.1, 0.15) is 42.0 Å². The lowest BCUT2D eigenvalue weighted by Gasteiger charge is -2.02. The van der Waals surface area contributed by atoms with Crippen molar-refractivity contribution in [2.24, 2.45) is 0 Å². The van der Waals surface area contributed by atoms with Crippen molar-refractivity contribution in [1.82, 2.24) is 5.32 Å². The van der Waals surface area contributed by atoms with Gasteiger partial charge < -0.3 is 14.8 Å². The van der Waals surface area contributed by atoms with Crippen molar-refractivity contribution in [2.75, 3.05) is 13.2 Å². The van der Waals surface area contributed by atoms with Gasteiger partial charge in [-0.1, -0.05) is 12.8 Å². The zero-order chi connectivity index (χ0) is 11.8. The molecule has 4 nitrogen and oxygen atoms in total. The summed E-state index contributed by atoms with van der Waals surface area (Å²) in [6, 6.07) is 3.45. The number of amides is 1. The van der Waals surface area contributed by atoms with Crippen LogP contribution in [-0.4, -0.2) is 24.2 Å². The summed E-state index contributed by atoms with van der Waals surface area (Å²) in [5, 5.41) is 11.4. The molecular weight excluding hydrogens is 206 g/mol. The van der Waals surface area contributed by atoms with Crippen molar-refractivity contribution >= 4 is 5.91 Å². The first-order valence-corrected chi connectivity index (χ1v) is 5.69. The van der Waals surface area contributed by atoms with Gasteiger partial charge in [-0.15, -0.1) is 0 Å². The van der Waals surface area contributed by atoms with Crippen molar-refractivity contribution in [3.05, 3.63) is 23.7 Å². The maximum absolute atomic E-state index is 11.5. The quantitative estimate of drug-likeness (QED) is 0.696. The molecule has 1 amide bonds. The highest BCUT2D eigenvalue weighted by atomic mass is 16.3. The number of rotatable bonds is 7. The summed E-state index contributed by atoms with van der Waals surface area (Å²) in [6.45, 7) is 2.72. The zero-order valence-electron chi connectivity index (χ0n) is 9.66. The number of aliphatic hydroxyl groups excluding tert-OH is 1. The third-order valence-electron chi connectivity index (χ3n) is 2.33. The predicted molar refractivity (Wildman–Crippen MR) is 61.3 cm³/mol. The minimum absolute atomic E-state index is 0.157. The number of nitrogens with one attached hydrogen (secondary N) is 1. The van der Waals surface area contributed by atoms with Crippen molar-refractivity contribution in [1.29, 1.82) is 0 Å². The molecule has 1 heterocycles. The molecule has 0 atom stereocenters. The van der Waals surface area contributed by atoms with E-state index in [0.29, 0.717) is 12.3 Å². The Hall–Kier alpha value is -1.29. The van der Waals surface area contributed by atoms with E-state index in [2.05, 4.69) is 5.32 Å².